The summed E-state index contributed by atoms with van der Waals surface area (Å²) in [6, 6.07) is 16.7. The van der Waals surface area contributed by atoms with Crippen LogP contribution in [0.5, 0.6) is 5.75 Å². The number of rotatable bonds is 6. The van der Waals surface area contributed by atoms with Crippen LogP contribution in [0.15, 0.2) is 60.3 Å². The maximum Gasteiger partial charge on any atom is 0.282 e. The maximum absolute atomic E-state index is 13.6. The Bertz CT molecular complexity index is 963. The van der Waals surface area contributed by atoms with Crippen molar-refractivity contribution in [1.82, 2.24) is 9.80 Å². The van der Waals surface area contributed by atoms with Gasteiger partial charge in [0, 0.05) is 32.2 Å². The van der Waals surface area contributed by atoms with E-state index in [2.05, 4.69) is 16.8 Å². The molecule has 0 N–H and O–H groups in total. The van der Waals surface area contributed by atoms with E-state index in [1.807, 2.05) is 49.4 Å². The third-order valence-corrected chi connectivity index (χ3v) is 5.49. The monoisotopic (exact) mass is 405 g/mol. The Morgan fingerprint density at radius 3 is 2.33 bits per heavy atom. The normalized spacial score (nSPS) is 17.8. The number of benzene rings is 2. The standard InChI is InChI=1S/C24H27N3O3/c1-3-16-30-20-11-7-10-19(17-20)27-23(28)21(18-8-5-4-6-9-18)22(24(27)29)26-14-12-25(2)13-15-26/h4-11,17H,3,12-16H2,1-2H3. The molecule has 30 heavy (non-hydrogen) atoms. The van der Waals surface area contributed by atoms with Crippen LogP contribution in [0.25, 0.3) is 5.57 Å². The van der Waals surface area contributed by atoms with Crippen LogP contribution >= 0.6 is 0 Å². The molecule has 156 valence electrons. The van der Waals surface area contributed by atoms with Crippen LogP contribution in [-0.4, -0.2) is 61.4 Å². The summed E-state index contributed by atoms with van der Waals surface area (Å²) in [5.41, 5.74) is 2.28. The number of amides is 2. The zero-order valence-corrected chi connectivity index (χ0v) is 17.5. The van der Waals surface area contributed by atoms with E-state index in [1.54, 1.807) is 12.1 Å². The molecule has 0 radical (unpaired) electrons. The summed E-state index contributed by atoms with van der Waals surface area (Å²) in [7, 11) is 2.07. The van der Waals surface area contributed by atoms with Gasteiger partial charge in [0.25, 0.3) is 11.8 Å². The molecule has 2 aliphatic rings. The summed E-state index contributed by atoms with van der Waals surface area (Å²) in [6.07, 6.45) is 0.888. The van der Waals surface area contributed by atoms with Crippen molar-refractivity contribution in [2.45, 2.75) is 13.3 Å². The van der Waals surface area contributed by atoms with Crippen LogP contribution in [-0.2, 0) is 9.59 Å². The molecule has 4 rings (SSSR count). The molecule has 0 atom stereocenters. The SMILES string of the molecule is CCCOc1cccc(N2C(=O)C(c3ccccc3)=C(N3CCN(C)CC3)C2=O)c1. The molecule has 6 heteroatoms. The summed E-state index contributed by atoms with van der Waals surface area (Å²) in [4.78, 5) is 32.7. The zero-order chi connectivity index (χ0) is 21.1. The molecule has 2 amide bonds. The third-order valence-electron chi connectivity index (χ3n) is 5.49. The Balaban J connectivity index is 1.73. The van der Waals surface area contributed by atoms with Crippen molar-refractivity contribution >= 4 is 23.1 Å². The van der Waals surface area contributed by atoms with Crippen molar-refractivity contribution in [2.75, 3.05) is 44.7 Å². The molecule has 0 unspecified atom stereocenters. The van der Waals surface area contributed by atoms with Crippen LogP contribution in [0.4, 0.5) is 5.69 Å². The van der Waals surface area contributed by atoms with Gasteiger partial charge >= 0.3 is 0 Å². The Morgan fingerprint density at radius 2 is 1.63 bits per heavy atom. The average Bonchev–Trinajstić information content (AvgIpc) is 3.03. The van der Waals surface area contributed by atoms with E-state index in [4.69, 9.17) is 4.74 Å². The van der Waals surface area contributed by atoms with Gasteiger partial charge in [0.15, 0.2) is 0 Å². The number of piperazine rings is 1. The van der Waals surface area contributed by atoms with Gasteiger partial charge in [-0.05, 0) is 31.2 Å². The second kappa shape index (κ2) is 8.71. The van der Waals surface area contributed by atoms with Crippen molar-refractivity contribution in [3.63, 3.8) is 0 Å². The van der Waals surface area contributed by atoms with Crippen molar-refractivity contribution in [1.29, 1.82) is 0 Å². The number of carbonyl (C=O) groups excluding carboxylic acids is 2. The summed E-state index contributed by atoms with van der Waals surface area (Å²) in [6.45, 7) is 5.77. The van der Waals surface area contributed by atoms with E-state index < -0.39 is 0 Å². The molecule has 0 aliphatic carbocycles. The van der Waals surface area contributed by atoms with Gasteiger partial charge in [-0.25, -0.2) is 4.90 Å². The zero-order valence-electron chi connectivity index (χ0n) is 17.5. The Kier molecular flexibility index (Phi) is 5.86. The quantitative estimate of drug-likeness (QED) is 0.692. The molecule has 2 aromatic carbocycles. The lowest BCUT2D eigenvalue weighted by molar-refractivity contribution is -0.120. The van der Waals surface area contributed by atoms with Crippen molar-refractivity contribution in [3.8, 4) is 5.75 Å². The van der Waals surface area contributed by atoms with Gasteiger partial charge in [0.1, 0.15) is 11.4 Å². The minimum atomic E-state index is -0.284. The lowest BCUT2D eigenvalue weighted by Crippen LogP contribution is -2.46. The van der Waals surface area contributed by atoms with Crippen molar-refractivity contribution in [3.05, 3.63) is 65.9 Å². The van der Waals surface area contributed by atoms with E-state index in [9.17, 15) is 9.59 Å². The maximum atomic E-state index is 13.6. The van der Waals surface area contributed by atoms with E-state index >= 15 is 0 Å². The van der Waals surface area contributed by atoms with Gasteiger partial charge in [0.05, 0.1) is 17.9 Å². The molecule has 2 aromatic rings. The predicted molar refractivity (Wildman–Crippen MR) is 117 cm³/mol. The summed E-state index contributed by atoms with van der Waals surface area (Å²) in [5, 5.41) is 0. The van der Waals surface area contributed by atoms with Crippen molar-refractivity contribution < 1.29 is 14.3 Å². The number of nitrogens with zero attached hydrogens (tertiary/aromatic N) is 3. The molecule has 6 nitrogen and oxygen atoms in total. The Labute approximate surface area is 177 Å². The molecular formula is C24H27N3O3. The molecule has 2 aliphatic heterocycles. The van der Waals surface area contributed by atoms with Crippen LogP contribution in [0, 0.1) is 0 Å². The average molecular weight is 405 g/mol. The van der Waals surface area contributed by atoms with Gasteiger partial charge in [-0.1, -0.05) is 43.3 Å². The molecule has 2 heterocycles. The molecule has 0 bridgehead atoms. The van der Waals surface area contributed by atoms with Gasteiger partial charge in [0.2, 0.25) is 0 Å². The van der Waals surface area contributed by atoms with E-state index in [0.717, 1.165) is 25.1 Å². The summed E-state index contributed by atoms with van der Waals surface area (Å²) in [5.74, 6) is 0.105. The molecule has 0 saturated carbocycles. The highest BCUT2D eigenvalue weighted by Gasteiger charge is 2.42. The molecule has 0 spiro atoms. The lowest BCUT2D eigenvalue weighted by atomic mass is 10.0. The fourth-order valence-electron chi connectivity index (χ4n) is 3.87. The van der Waals surface area contributed by atoms with E-state index in [0.29, 0.717) is 42.4 Å². The highest BCUT2D eigenvalue weighted by atomic mass is 16.5. The number of hydrogen-bond donors (Lipinski definition) is 0. The largest absolute Gasteiger partial charge is 0.494 e. The number of hydrogen-bond acceptors (Lipinski definition) is 5. The minimum absolute atomic E-state index is 0.268. The molecule has 0 aromatic heterocycles. The fraction of sp³-hybridized carbons (Fsp3) is 0.333. The fourth-order valence-corrected chi connectivity index (χ4v) is 3.87. The molecular weight excluding hydrogens is 378 g/mol. The summed E-state index contributed by atoms with van der Waals surface area (Å²) >= 11 is 0. The van der Waals surface area contributed by atoms with Crippen LogP contribution in [0.3, 0.4) is 0 Å². The third kappa shape index (κ3) is 3.83. The smallest absolute Gasteiger partial charge is 0.282 e. The second-order valence-electron chi connectivity index (χ2n) is 7.67. The first-order valence-electron chi connectivity index (χ1n) is 10.4. The van der Waals surface area contributed by atoms with E-state index in [-0.39, 0.29) is 11.8 Å². The highest BCUT2D eigenvalue weighted by molar-refractivity contribution is 6.45. The van der Waals surface area contributed by atoms with Gasteiger partial charge in [-0.15, -0.1) is 0 Å². The first kappa shape index (κ1) is 20.2. The van der Waals surface area contributed by atoms with Crippen LogP contribution in [0.1, 0.15) is 18.9 Å². The number of ether oxygens (including phenoxy) is 1. The topological polar surface area (TPSA) is 53.1 Å². The number of likely N-dealkylation sites (N-methyl/N-ethyl adjacent to an activating group) is 1. The first-order valence-corrected chi connectivity index (χ1v) is 10.4. The predicted octanol–water partition coefficient (Wildman–Crippen LogP) is 3.01. The van der Waals surface area contributed by atoms with Crippen LogP contribution < -0.4 is 9.64 Å². The van der Waals surface area contributed by atoms with Crippen LogP contribution in [0.2, 0.25) is 0 Å². The number of imide groups is 1. The van der Waals surface area contributed by atoms with Gasteiger partial charge < -0.3 is 14.5 Å². The Hall–Kier alpha value is -3.12. The Morgan fingerprint density at radius 1 is 0.900 bits per heavy atom. The molecule has 1 saturated heterocycles. The van der Waals surface area contributed by atoms with Crippen molar-refractivity contribution in [2.24, 2.45) is 0 Å². The lowest BCUT2D eigenvalue weighted by Gasteiger charge is -2.34. The minimum Gasteiger partial charge on any atom is -0.494 e. The molecule has 1 fully saturated rings. The highest BCUT2D eigenvalue weighted by Crippen LogP contribution is 2.36. The number of carbonyl (C=O) groups is 2. The van der Waals surface area contributed by atoms with Gasteiger partial charge in [-0.3, -0.25) is 9.59 Å². The van der Waals surface area contributed by atoms with E-state index in [1.165, 1.54) is 4.90 Å². The van der Waals surface area contributed by atoms with Gasteiger partial charge in [-0.2, -0.15) is 0 Å². The first-order chi connectivity index (χ1) is 14.6. The second-order valence-corrected chi connectivity index (χ2v) is 7.67. The summed E-state index contributed by atoms with van der Waals surface area (Å²) < 4.78 is 5.71. The number of anilines is 1.